The average Bonchev–Trinajstić information content (AvgIpc) is 2.98. The molecule has 0 fully saturated rings. The SMILES string of the molecule is COc1cccc(S(=O)(=O)NCCc2c[nH]c3ccccc23)c1. The van der Waals surface area contributed by atoms with Crippen molar-refractivity contribution in [2.45, 2.75) is 11.3 Å². The lowest BCUT2D eigenvalue weighted by Gasteiger charge is -2.08. The minimum atomic E-state index is -3.54. The Bertz CT molecular complexity index is 916. The summed E-state index contributed by atoms with van der Waals surface area (Å²) in [5, 5.41) is 1.12. The average molecular weight is 330 g/mol. The van der Waals surface area contributed by atoms with Crippen LogP contribution in [0.3, 0.4) is 0 Å². The monoisotopic (exact) mass is 330 g/mol. The molecule has 5 nitrogen and oxygen atoms in total. The summed E-state index contributed by atoms with van der Waals surface area (Å²) in [6, 6.07) is 14.4. The van der Waals surface area contributed by atoms with Crippen molar-refractivity contribution in [2.24, 2.45) is 0 Å². The lowest BCUT2D eigenvalue weighted by Crippen LogP contribution is -2.25. The first-order valence-electron chi connectivity index (χ1n) is 7.29. The fraction of sp³-hybridized carbons (Fsp3) is 0.176. The summed E-state index contributed by atoms with van der Waals surface area (Å²) < 4.78 is 32.3. The molecular weight excluding hydrogens is 312 g/mol. The Morgan fingerprint density at radius 2 is 1.96 bits per heavy atom. The van der Waals surface area contributed by atoms with Gasteiger partial charge in [-0.1, -0.05) is 24.3 Å². The van der Waals surface area contributed by atoms with E-state index in [9.17, 15) is 8.42 Å². The molecule has 3 rings (SSSR count). The van der Waals surface area contributed by atoms with Crippen LogP contribution in [0.15, 0.2) is 59.6 Å². The fourth-order valence-corrected chi connectivity index (χ4v) is 3.58. The third kappa shape index (κ3) is 3.38. The molecule has 0 saturated carbocycles. The lowest BCUT2D eigenvalue weighted by molar-refractivity contribution is 0.413. The number of hydrogen-bond acceptors (Lipinski definition) is 3. The molecule has 2 N–H and O–H groups in total. The number of rotatable bonds is 6. The molecule has 3 aromatic rings. The summed E-state index contributed by atoms with van der Waals surface area (Å²) in [5.41, 5.74) is 2.15. The van der Waals surface area contributed by atoms with E-state index in [4.69, 9.17) is 4.74 Å². The summed E-state index contributed by atoms with van der Waals surface area (Å²) >= 11 is 0. The molecule has 6 heteroatoms. The Morgan fingerprint density at radius 3 is 2.78 bits per heavy atom. The number of hydrogen-bond donors (Lipinski definition) is 2. The van der Waals surface area contributed by atoms with Crippen LogP contribution >= 0.6 is 0 Å². The van der Waals surface area contributed by atoms with E-state index in [0.717, 1.165) is 16.5 Å². The van der Waals surface area contributed by atoms with Gasteiger partial charge in [-0.05, 0) is 30.2 Å². The van der Waals surface area contributed by atoms with Gasteiger partial charge in [-0.3, -0.25) is 0 Å². The molecule has 0 radical (unpaired) electrons. The van der Waals surface area contributed by atoms with Gasteiger partial charge in [0.25, 0.3) is 0 Å². The van der Waals surface area contributed by atoms with Gasteiger partial charge >= 0.3 is 0 Å². The number of fused-ring (bicyclic) bond motifs is 1. The van der Waals surface area contributed by atoms with Crippen LogP contribution in [0.4, 0.5) is 0 Å². The highest BCUT2D eigenvalue weighted by Gasteiger charge is 2.14. The zero-order valence-electron chi connectivity index (χ0n) is 12.7. The molecule has 0 aliphatic carbocycles. The van der Waals surface area contributed by atoms with Crippen LogP contribution in [0.1, 0.15) is 5.56 Å². The molecule has 0 aliphatic heterocycles. The van der Waals surface area contributed by atoms with Crippen LogP contribution < -0.4 is 9.46 Å². The fourth-order valence-electron chi connectivity index (χ4n) is 2.51. The minimum absolute atomic E-state index is 0.204. The second-order valence-electron chi connectivity index (χ2n) is 5.19. The first-order chi connectivity index (χ1) is 11.1. The summed E-state index contributed by atoms with van der Waals surface area (Å²) in [6.07, 6.45) is 2.54. The molecule has 0 atom stereocenters. The van der Waals surface area contributed by atoms with Gasteiger partial charge in [0.15, 0.2) is 0 Å². The van der Waals surface area contributed by atoms with Crippen LogP contribution in [0.2, 0.25) is 0 Å². The second kappa shape index (κ2) is 6.44. The number of methoxy groups -OCH3 is 1. The molecule has 2 aromatic carbocycles. The van der Waals surface area contributed by atoms with Crippen molar-refractivity contribution in [3.8, 4) is 5.75 Å². The normalized spacial score (nSPS) is 11.7. The van der Waals surface area contributed by atoms with Crippen molar-refractivity contribution in [3.05, 3.63) is 60.3 Å². The number of aromatic amines is 1. The number of aromatic nitrogens is 1. The zero-order valence-corrected chi connectivity index (χ0v) is 13.6. The van der Waals surface area contributed by atoms with Crippen molar-refractivity contribution in [1.29, 1.82) is 0 Å². The van der Waals surface area contributed by atoms with E-state index in [2.05, 4.69) is 9.71 Å². The van der Waals surface area contributed by atoms with E-state index in [1.807, 2.05) is 30.5 Å². The van der Waals surface area contributed by atoms with E-state index in [1.165, 1.54) is 13.2 Å². The predicted octanol–water partition coefficient (Wildman–Crippen LogP) is 2.70. The van der Waals surface area contributed by atoms with Crippen molar-refractivity contribution in [2.75, 3.05) is 13.7 Å². The van der Waals surface area contributed by atoms with Gasteiger partial charge in [0.2, 0.25) is 10.0 Å². The molecule has 0 aliphatic rings. The van der Waals surface area contributed by atoms with Gasteiger partial charge in [0.05, 0.1) is 12.0 Å². The van der Waals surface area contributed by atoms with E-state index >= 15 is 0 Å². The third-order valence-corrected chi connectivity index (χ3v) is 5.17. The standard InChI is InChI=1S/C17H18N2O3S/c1-22-14-5-4-6-15(11-14)23(20,21)19-10-9-13-12-18-17-8-3-2-7-16(13)17/h2-8,11-12,18-19H,9-10H2,1H3. The van der Waals surface area contributed by atoms with Crippen LogP contribution in [-0.4, -0.2) is 27.1 Å². The molecule has 1 aromatic heterocycles. The number of sulfonamides is 1. The van der Waals surface area contributed by atoms with Crippen molar-refractivity contribution in [1.82, 2.24) is 9.71 Å². The number of benzene rings is 2. The van der Waals surface area contributed by atoms with E-state index in [-0.39, 0.29) is 4.90 Å². The summed E-state index contributed by atoms with van der Waals surface area (Å²) in [5.74, 6) is 0.518. The van der Waals surface area contributed by atoms with Gasteiger partial charge in [-0.2, -0.15) is 0 Å². The molecule has 1 heterocycles. The molecule has 0 unspecified atom stereocenters. The molecule has 0 spiro atoms. The Balaban J connectivity index is 1.70. The van der Waals surface area contributed by atoms with Crippen LogP contribution in [-0.2, 0) is 16.4 Å². The van der Waals surface area contributed by atoms with Crippen molar-refractivity contribution in [3.63, 3.8) is 0 Å². The molecule has 0 amide bonds. The first kappa shape index (κ1) is 15.6. The summed E-state index contributed by atoms with van der Waals surface area (Å²) in [4.78, 5) is 3.39. The van der Waals surface area contributed by atoms with Crippen molar-refractivity contribution < 1.29 is 13.2 Å². The van der Waals surface area contributed by atoms with Gasteiger partial charge in [0.1, 0.15) is 5.75 Å². The zero-order chi connectivity index (χ0) is 16.3. The highest BCUT2D eigenvalue weighted by Crippen LogP contribution is 2.19. The smallest absolute Gasteiger partial charge is 0.240 e. The number of ether oxygens (including phenoxy) is 1. The molecule has 23 heavy (non-hydrogen) atoms. The molecule has 0 saturated heterocycles. The van der Waals surface area contributed by atoms with Crippen LogP contribution in [0.25, 0.3) is 10.9 Å². The maximum Gasteiger partial charge on any atom is 0.240 e. The first-order valence-corrected chi connectivity index (χ1v) is 8.77. The Hall–Kier alpha value is -2.31. The number of para-hydroxylation sites is 1. The number of nitrogens with one attached hydrogen (secondary N) is 2. The Labute approximate surface area is 135 Å². The van der Waals surface area contributed by atoms with E-state index in [1.54, 1.807) is 18.2 Å². The minimum Gasteiger partial charge on any atom is -0.497 e. The van der Waals surface area contributed by atoms with E-state index in [0.29, 0.717) is 18.7 Å². The second-order valence-corrected chi connectivity index (χ2v) is 6.95. The maximum atomic E-state index is 12.3. The highest BCUT2D eigenvalue weighted by molar-refractivity contribution is 7.89. The topological polar surface area (TPSA) is 71.2 Å². The molecule has 120 valence electrons. The lowest BCUT2D eigenvalue weighted by atomic mass is 10.1. The van der Waals surface area contributed by atoms with Crippen molar-refractivity contribution >= 4 is 20.9 Å². The largest absolute Gasteiger partial charge is 0.497 e. The van der Waals surface area contributed by atoms with Gasteiger partial charge in [-0.15, -0.1) is 0 Å². The van der Waals surface area contributed by atoms with Gasteiger partial charge in [-0.25, -0.2) is 13.1 Å². The van der Waals surface area contributed by atoms with Gasteiger partial charge < -0.3 is 9.72 Å². The Kier molecular flexibility index (Phi) is 4.36. The number of H-pyrrole nitrogens is 1. The van der Waals surface area contributed by atoms with Crippen LogP contribution in [0, 0.1) is 0 Å². The maximum absolute atomic E-state index is 12.3. The Morgan fingerprint density at radius 1 is 1.13 bits per heavy atom. The quantitative estimate of drug-likeness (QED) is 0.730. The molecular formula is C17H18N2O3S. The highest BCUT2D eigenvalue weighted by atomic mass is 32.2. The summed E-state index contributed by atoms with van der Waals surface area (Å²) in [7, 11) is -2.03. The third-order valence-electron chi connectivity index (χ3n) is 3.71. The van der Waals surface area contributed by atoms with Gasteiger partial charge in [0, 0.05) is 29.7 Å². The van der Waals surface area contributed by atoms with E-state index < -0.39 is 10.0 Å². The summed E-state index contributed by atoms with van der Waals surface area (Å²) in [6.45, 7) is 0.335. The molecule has 0 bridgehead atoms. The predicted molar refractivity (Wildman–Crippen MR) is 90.2 cm³/mol. The van der Waals surface area contributed by atoms with Crippen LogP contribution in [0.5, 0.6) is 5.75 Å².